The maximum absolute atomic E-state index is 4.73. The second-order valence-corrected chi connectivity index (χ2v) is 7.47. The number of hydrogen-bond donors (Lipinski definition) is 2. The summed E-state index contributed by atoms with van der Waals surface area (Å²) in [5.74, 6) is 0.824. The van der Waals surface area contributed by atoms with Crippen molar-refractivity contribution in [3.8, 4) is 0 Å². The first-order valence-electron chi connectivity index (χ1n) is 10.5. The molecule has 5 nitrogen and oxygen atoms in total. The molecule has 0 spiro atoms. The fourth-order valence-corrected chi connectivity index (χ4v) is 3.51. The SMILES string of the molecule is CCNC(=NCc1ccc(CN2CCCCC2)cc1)NCc1ncccc1C. The van der Waals surface area contributed by atoms with Crippen LogP contribution in [0.5, 0.6) is 0 Å². The van der Waals surface area contributed by atoms with E-state index in [1.54, 1.807) is 0 Å². The molecular formula is C23H33N5. The number of nitrogens with one attached hydrogen (secondary N) is 2. The molecule has 0 amide bonds. The molecule has 0 unspecified atom stereocenters. The molecule has 0 atom stereocenters. The van der Waals surface area contributed by atoms with Gasteiger partial charge in [0, 0.05) is 19.3 Å². The number of nitrogens with zero attached hydrogens (tertiary/aromatic N) is 3. The summed E-state index contributed by atoms with van der Waals surface area (Å²) in [7, 11) is 0. The zero-order chi connectivity index (χ0) is 19.6. The number of guanidine groups is 1. The van der Waals surface area contributed by atoms with E-state index in [0.29, 0.717) is 13.1 Å². The van der Waals surface area contributed by atoms with Crippen molar-refractivity contribution in [2.24, 2.45) is 4.99 Å². The smallest absolute Gasteiger partial charge is 0.191 e. The lowest BCUT2D eigenvalue weighted by molar-refractivity contribution is 0.221. The van der Waals surface area contributed by atoms with Gasteiger partial charge in [0.2, 0.25) is 0 Å². The van der Waals surface area contributed by atoms with Crippen LogP contribution in [0.15, 0.2) is 47.6 Å². The van der Waals surface area contributed by atoms with Crippen molar-refractivity contribution in [3.63, 3.8) is 0 Å². The van der Waals surface area contributed by atoms with E-state index in [9.17, 15) is 0 Å². The van der Waals surface area contributed by atoms with E-state index in [-0.39, 0.29) is 0 Å². The van der Waals surface area contributed by atoms with E-state index >= 15 is 0 Å². The minimum Gasteiger partial charge on any atom is -0.357 e. The van der Waals surface area contributed by atoms with Crippen LogP contribution in [-0.2, 0) is 19.6 Å². The topological polar surface area (TPSA) is 52.6 Å². The van der Waals surface area contributed by atoms with Gasteiger partial charge in [-0.3, -0.25) is 9.88 Å². The molecule has 0 saturated carbocycles. The largest absolute Gasteiger partial charge is 0.357 e. The third kappa shape index (κ3) is 6.34. The standard InChI is InChI=1S/C23H33N5/c1-3-24-23(27-17-22-19(2)8-7-13-25-22)26-16-20-9-11-21(12-10-20)18-28-14-5-4-6-15-28/h7-13H,3-6,14-18H2,1-2H3,(H2,24,26,27). The second kappa shape index (κ2) is 10.8. The highest BCUT2D eigenvalue weighted by molar-refractivity contribution is 5.79. The summed E-state index contributed by atoms with van der Waals surface area (Å²) >= 11 is 0. The van der Waals surface area contributed by atoms with Gasteiger partial charge in [-0.1, -0.05) is 36.8 Å². The molecular weight excluding hydrogens is 346 g/mol. The van der Waals surface area contributed by atoms with Gasteiger partial charge in [0.1, 0.15) is 0 Å². The van der Waals surface area contributed by atoms with Crippen LogP contribution in [0.4, 0.5) is 0 Å². The molecule has 1 aromatic heterocycles. The number of aryl methyl sites for hydroxylation is 1. The highest BCUT2D eigenvalue weighted by Crippen LogP contribution is 2.14. The molecule has 1 aromatic carbocycles. The second-order valence-electron chi connectivity index (χ2n) is 7.47. The van der Waals surface area contributed by atoms with E-state index in [1.165, 1.54) is 49.0 Å². The number of aromatic nitrogens is 1. The van der Waals surface area contributed by atoms with E-state index in [1.807, 2.05) is 12.3 Å². The molecule has 1 fully saturated rings. The molecule has 2 N–H and O–H groups in total. The van der Waals surface area contributed by atoms with Gasteiger partial charge in [-0.2, -0.15) is 0 Å². The lowest BCUT2D eigenvalue weighted by Crippen LogP contribution is -2.37. The number of piperidine rings is 1. The fraction of sp³-hybridized carbons (Fsp3) is 0.478. The van der Waals surface area contributed by atoms with Crippen molar-refractivity contribution < 1.29 is 0 Å². The van der Waals surface area contributed by atoms with Crippen LogP contribution in [0.25, 0.3) is 0 Å². The molecule has 1 aliphatic heterocycles. The molecule has 3 rings (SSSR count). The monoisotopic (exact) mass is 379 g/mol. The number of benzene rings is 1. The molecule has 150 valence electrons. The van der Waals surface area contributed by atoms with Gasteiger partial charge in [0.05, 0.1) is 18.8 Å². The number of aliphatic imine (C=N–C) groups is 1. The minimum absolute atomic E-state index is 0.667. The zero-order valence-electron chi connectivity index (χ0n) is 17.2. The fourth-order valence-electron chi connectivity index (χ4n) is 3.51. The van der Waals surface area contributed by atoms with Crippen LogP contribution in [0.1, 0.15) is 48.6 Å². The molecule has 1 saturated heterocycles. The Kier molecular flexibility index (Phi) is 7.85. The predicted molar refractivity (Wildman–Crippen MR) is 116 cm³/mol. The van der Waals surface area contributed by atoms with Crippen LogP contribution < -0.4 is 10.6 Å². The highest BCUT2D eigenvalue weighted by Gasteiger charge is 2.10. The van der Waals surface area contributed by atoms with Gasteiger partial charge in [-0.25, -0.2) is 4.99 Å². The summed E-state index contributed by atoms with van der Waals surface area (Å²) in [6.45, 7) is 9.88. The summed E-state index contributed by atoms with van der Waals surface area (Å²) in [5, 5.41) is 6.70. The first kappa shape index (κ1) is 20.3. The number of pyridine rings is 1. The molecule has 5 heteroatoms. The lowest BCUT2D eigenvalue weighted by atomic mass is 10.1. The summed E-state index contributed by atoms with van der Waals surface area (Å²) in [5.41, 5.74) is 4.87. The number of hydrogen-bond acceptors (Lipinski definition) is 3. The third-order valence-corrected chi connectivity index (χ3v) is 5.18. The van der Waals surface area contributed by atoms with Gasteiger partial charge in [-0.15, -0.1) is 0 Å². The van der Waals surface area contributed by atoms with E-state index in [4.69, 9.17) is 4.99 Å². The summed E-state index contributed by atoms with van der Waals surface area (Å²) in [4.78, 5) is 11.7. The Bertz CT molecular complexity index is 748. The molecule has 28 heavy (non-hydrogen) atoms. The predicted octanol–water partition coefficient (Wildman–Crippen LogP) is 3.63. The minimum atomic E-state index is 0.667. The van der Waals surface area contributed by atoms with Gasteiger partial charge in [0.15, 0.2) is 5.96 Å². The van der Waals surface area contributed by atoms with E-state index in [0.717, 1.165) is 24.7 Å². The molecule has 2 aromatic rings. The van der Waals surface area contributed by atoms with Crippen molar-refractivity contribution in [1.82, 2.24) is 20.5 Å². The molecule has 1 aliphatic rings. The van der Waals surface area contributed by atoms with Crippen molar-refractivity contribution in [2.45, 2.75) is 52.7 Å². The van der Waals surface area contributed by atoms with Crippen LogP contribution in [-0.4, -0.2) is 35.5 Å². The molecule has 0 bridgehead atoms. The zero-order valence-corrected chi connectivity index (χ0v) is 17.2. The molecule has 2 heterocycles. The van der Waals surface area contributed by atoms with Gasteiger partial charge < -0.3 is 10.6 Å². The molecule has 0 radical (unpaired) electrons. The normalized spacial score (nSPS) is 15.4. The van der Waals surface area contributed by atoms with Crippen LogP contribution in [0, 0.1) is 6.92 Å². The summed E-state index contributed by atoms with van der Waals surface area (Å²) in [6.07, 6.45) is 5.89. The Hall–Kier alpha value is -2.40. The Balaban J connectivity index is 1.54. The maximum atomic E-state index is 4.73. The Morgan fingerprint density at radius 1 is 1.04 bits per heavy atom. The van der Waals surface area contributed by atoms with Gasteiger partial charge in [0.25, 0.3) is 0 Å². The highest BCUT2D eigenvalue weighted by atomic mass is 15.2. The summed E-state index contributed by atoms with van der Waals surface area (Å²) < 4.78 is 0. The summed E-state index contributed by atoms with van der Waals surface area (Å²) in [6, 6.07) is 12.9. The molecule has 0 aliphatic carbocycles. The Morgan fingerprint density at radius 3 is 2.50 bits per heavy atom. The van der Waals surface area contributed by atoms with E-state index < -0.39 is 0 Å². The van der Waals surface area contributed by atoms with Crippen LogP contribution in [0.2, 0.25) is 0 Å². The number of likely N-dealkylation sites (tertiary alicyclic amines) is 1. The maximum Gasteiger partial charge on any atom is 0.191 e. The first-order chi connectivity index (χ1) is 13.7. The van der Waals surface area contributed by atoms with Gasteiger partial charge >= 0.3 is 0 Å². The Labute approximate surface area is 169 Å². The first-order valence-corrected chi connectivity index (χ1v) is 10.5. The van der Waals surface area contributed by atoms with Crippen molar-refractivity contribution in [2.75, 3.05) is 19.6 Å². The van der Waals surface area contributed by atoms with Crippen LogP contribution >= 0.6 is 0 Å². The average molecular weight is 380 g/mol. The van der Waals surface area contributed by atoms with Crippen molar-refractivity contribution in [1.29, 1.82) is 0 Å². The Morgan fingerprint density at radius 2 is 1.79 bits per heavy atom. The average Bonchev–Trinajstić information content (AvgIpc) is 2.73. The van der Waals surface area contributed by atoms with Crippen molar-refractivity contribution in [3.05, 3.63) is 65.0 Å². The third-order valence-electron chi connectivity index (χ3n) is 5.18. The number of rotatable bonds is 7. The lowest BCUT2D eigenvalue weighted by Gasteiger charge is -2.26. The van der Waals surface area contributed by atoms with Gasteiger partial charge in [-0.05, 0) is 62.5 Å². The van der Waals surface area contributed by atoms with Crippen molar-refractivity contribution >= 4 is 5.96 Å². The quantitative estimate of drug-likeness (QED) is 0.570. The van der Waals surface area contributed by atoms with Crippen LogP contribution in [0.3, 0.4) is 0 Å². The van der Waals surface area contributed by atoms with E-state index in [2.05, 4.69) is 64.7 Å².